The van der Waals surface area contributed by atoms with E-state index in [9.17, 15) is 14.9 Å². The largest absolute Gasteiger partial charge is 0.458 e. The second kappa shape index (κ2) is 4.78. The van der Waals surface area contributed by atoms with Gasteiger partial charge >= 0.3 is 5.97 Å². The van der Waals surface area contributed by atoms with Crippen molar-refractivity contribution in [2.45, 2.75) is 25.3 Å². The van der Waals surface area contributed by atoms with E-state index < -0.39 is 4.92 Å². The summed E-state index contributed by atoms with van der Waals surface area (Å²) in [4.78, 5) is 23.4. The van der Waals surface area contributed by atoms with Gasteiger partial charge in [-0.2, -0.15) is 0 Å². The molecule has 3 fully saturated rings. The van der Waals surface area contributed by atoms with Crippen LogP contribution in [0.15, 0.2) is 0 Å². The van der Waals surface area contributed by atoms with Gasteiger partial charge in [0.2, 0.25) is 6.54 Å². The summed E-state index contributed by atoms with van der Waals surface area (Å²) in [6.45, 7) is 1.50. The highest BCUT2D eigenvalue weighted by atomic mass is 16.6. The molecule has 6 heteroatoms. The number of nitrogens with zero attached hydrogens (tertiary/aromatic N) is 2. The highest BCUT2D eigenvalue weighted by molar-refractivity contribution is 5.76. The van der Waals surface area contributed by atoms with Gasteiger partial charge in [0.05, 0.1) is 0 Å². The summed E-state index contributed by atoms with van der Waals surface area (Å²) < 4.78 is 4.92. The third-order valence-electron chi connectivity index (χ3n) is 3.44. The van der Waals surface area contributed by atoms with E-state index in [2.05, 4.69) is 4.90 Å². The van der Waals surface area contributed by atoms with Gasteiger partial charge in [0, 0.05) is 4.92 Å². The van der Waals surface area contributed by atoms with Crippen LogP contribution in [0.25, 0.3) is 0 Å². The van der Waals surface area contributed by atoms with Gasteiger partial charge in [0.15, 0.2) is 6.61 Å². The molecule has 1 atom stereocenters. The number of rotatable bonds is 4. The number of piperidine rings is 3. The van der Waals surface area contributed by atoms with Crippen molar-refractivity contribution in [2.24, 2.45) is 5.92 Å². The molecule has 1 unspecified atom stereocenters. The second-order valence-electron chi connectivity index (χ2n) is 4.45. The summed E-state index contributed by atoms with van der Waals surface area (Å²) >= 11 is 0. The van der Waals surface area contributed by atoms with Gasteiger partial charge in [-0.15, -0.1) is 0 Å². The van der Waals surface area contributed by atoms with Crippen LogP contribution < -0.4 is 0 Å². The van der Waals surface area contributed by atoms with Crippen molar-refractivity contribution >= 4 is 5.97 Å². The lowest BCUT2D eigenvalue weighted by molar-refractivity contribution is -0.482. The lowest BCUT2D eigenvalue weighted by Gasteiger charge is -2.43. The SMILES string of the molecule is O=C(OCC[N+](=O)[O-])C1CC2CCN1CC2. The van der Waals surface area contributed by atoms with E-state index in [1.54, 1.807) is 0 Å². The summed E-state index contributed by atoms with van der Waals surface area (Å²) in [7, 11) is 0. The fourth-order valence-corrected chi connectivity index (χ4v) is 2.53. The van der Waals surface area contributed by atoms with Crippen LogP contribution in [0.3, 0.4) is 0 Å². The first-order valence-corrected chi connectivity index (χ1v) is 5.69. The number of carbonyl (C=O) groups excluding carboxylic acids is 1. The molecule has 3 rings (SSSR count). The fraction of sp³-hybridized carbons (Fsp3) is 0.900. The van der Waals surface area contributed by atoms with Crippen LogP contribution in [-0.2, 0) is 9.53 Å². The zero-order valence-electron chi connectivity index (χ0n) is 9.13. The van der Waals surface area contributed by atoms with Crippen molar-refractivity contribution in [2.75, 3.05) is 26.2 Å². The normalized spacial score (nSPS) is 32.4. The molecule has 3 aliphatic heterocycles. The molecule has 0 aromatic carbocycles. The molecule has 6 nitrogen and oxygen atoms in total. The van der Waals surface area contributed by atoms with Gasteiger partial charge in [-0.05, 0) is 38.3 Å². The van der Waals surface area contributed by atoms with Crippen molar-refractivity contribution in [1.29, 1.82) is 0 Å². The van der Waals surface area contributed by atoms with E-state index >= 15 is 0 Å². The zero-order valence-corrected chi connectivity index (χ0v) is 9.13. The topological polar surface area (TPSA) is 72.7 Å². The molecule has 0 aromatic rings. The lowest BCUT2D eigenvalue weighted by atomic mass is 9.83. The molecule has 0 aromatic heterocycles. The number of hydrogen-bond donors (Lipinski definition) is 0. The summed E-state index contributed by atoms with van der Waals surface area (Å²) in [5.41, 5.74) is 0. The molecule has 0 spiro atoms. The third kappa shape index (κ3) is 2.49. The lowest BCUT2D eigenvalue weighted by Crippen LogP contribution is -2.52. The fourth-order valence-electron chi connectivity index (χ4n) is 2.53. The molecule has 0 N–H and O–H groups in total. The second-order valence-corrected chi connectivity index (χ2v) is 4.45. The Balaban J connectivity index is 1.79. The molecule has 0 saturated carbocycles. The van der Waals surface area contributed by atoms with E-state index in [4.69, 9.17) is 4.74 Å². The van der Waals surface area contributed by atoms with Gasteiger partial charge in [-0.25, -0.2) is 0 Å². The summed E-state index contributed by atoms with van der Waals surface area (Å²) in [5.74, 6) is 0.351. The summed E-state index contributed by atoms with van der Waals surface area (Å²) in [5, 5.41) is 10.1. The molecule has 3 saturated heterocycles. The highest BCUT2D eigenvalue weighted by Crippen LogP contribution is 2.32. The van der Waals surface area contributed by atoms with Gasteiger partial charge in [0.1, 0.15) is 6.04 Å². The Kier molecular flexibility index (Phi) is 3.38. The maximum atomic E-state index is 11.7. The van der Waals surface area contributed by atoms with Crippen LogP contribution in [0, 0.1) is 16.0 Å². The minimum atomic E-state index is -0.472. The zero-order chi connectivity index (χ0) is 11.5. The number of carbonyl (C=O) groups is 1. The molecule has 2 bridgehead atoms. The van der Waals surface area contributed by atoms with Gasteiger partial charge in [-0.1, -0.05) is 0 Å². The van der Waals surface area contributed by atoms with Crippen LogP contribution in [-0.4, -0.2) is 48.1 Å². The Morgan fingerprint density at radius 2 is 2.12 bits per heavy atom. The first-order chi connectivity index (χ1) is 7.66. The van der Waals surface area contributed by atoms with Gasteiger partial charge < -0.3 is 4.74 Å². The van der Waals surface area contributed by atoms with E-state index in [0.717, 1.165) is 19.5 Å². The average Bonchev–Trinajstić information content (AvgIpc) is 2.30. The van der Waals surface area contributed by atoms with E-state index in [1.807, 2.05) is 0 Å². The number of nitro groups is 1. The minimum absolute atomic E-state index is 0.110. The number of hydrogen-bond acceptors (Lipinski definition) is 5. The highest BCUT2D eigenvalue weighted by Gasteiger charge is 2.38. The predicted molar refractivity (Wildman–Crippen MR) is 55.5 cm³/mol. The quantitative estimate of drug-likeness (QED) is 0.393. The molecule has 0 amide bonds. The minimum Gasteiger partial charge on any atom is -0.458 e. The van der Waals surface area contributed by atoms with Crippen LogP contribution >= 0.6 is 0 Å². The molecular weight excluding hydrogens is 212 g/mol. The molecular formula is C10H16N2O4. The third-order valence-corrected chi connectivity index (χ3v) is 3.44. The van der Waals surface area contributed by atoms with E-state index in [1.165, 1.54) is 12.8 Å². The Morgan fingerprint density at radius 1 is 1.44 bits per heavy atom. The van der Waals surface area contributed by atoms with Crippen LogP contribution in [0.4, 0.5) is 0 Å². The van der Waals surface area contributed by atoms with Crippen molar-refractivity contribution in [3.63, 3.8) is 0 Å². The maximum absolute atomic E-state index is 11.7. The van der Waals surface area contributed by atoms with Crippen molar-refractivity contribution in [3.8, 4) is 0 Å². The van der Waals surface area contributed by atoms with E-state index in [-0.39, 0.29) is 25.2 Å². The van der Waals surface area contributed by atoms with Crippen LogP contribution in [0.1, 0.15) is 19.3 Å². The summed E-state index contributed by atoms with van der Waals surface area (Å²) in [6, 6.07) is -0.153. The molecule has 0 radical (unpaired) electrons. The van der Waals surface area contributed by atoms with Crippen LogP contribution in [0.5, 0.6) is 0 Å². The van der Waals surface area contributed by atoms with Crippen molar-refractivity contribution < 1.29 is 14.5 Å². The number of esters is 1. The predicted octanol–water partition coefficient (Wildman–Crippen LogP) is 0.291. The monoisotopic (exact) mass is 228 g/mol. The molecule has 16 heavy (non-hydrogen) atoms. The number of ether oxygens (including phenoxy) is 1. The standard InChI is InChI=1S/C10H16N2O4/c13-10(16-6-5-12(14)15)9-7-8-1-3-11(9)4-2-8/h8-9H,1-7H2. The smallest absolute Gasteiger partial charge is 0.323 e. The Labute approximate surface area is 93.7 Å². The van der Waals surface area contributed by atoms with Crippen molar-refractivity contribution in [1.82, 2.24) is 4.90 Å². The van der Waals surface area contributed by atoms with Crippen molar-refractivity contribution in [3.05, 3.63) is 10.1 Å². The molecule has 3 heterocycles. The maximum Gasteiger partial charge on any atom is 0.323 e. The number of fused-ring (bicyclic) bond motifs is 3. The molecule has 90 valence electrons. The Morgan fingerprint density at radius 3 is 2.62 bits per heavy atom. The molecule has 0 aliphatic carbocycles. The first-order valence-electron chi connectivity index (χ1n) is 5.69. The summed E-state index contributed by atoms with van der Waals surface area (Å²) in [6.07, 6.45) is 3.19. The first kappa shape index (κ1) is 11.3. The van der Waals surface area contributed by atoms with Gasteiger partial charge in [0.25, 0.3) is 0 Å². The van der Waals surface area contributed by atoms with Crippen LogP contribution in [0.2, 0.25) is 0 Å². The Bertz CT molecular complexity index is 287. The van der Waals surface area contributed by atoms with E-state index in [0.29, 0.717) is 5.92 Å². The molecule has 3 aliphatic rings. The van der Waals surface area contributed by atoms with Gasteiger partial charge in [-0.3, -0.25) is 19.8 Å². The average molecular weight is 228 g/mol. The Hall–Kier alpha value is -1.17.